The fourth-order valence-corrected chi connectivity index (χ4v) is 3.10. The van der Waals surface area contributed by atoms with Crippen molar-refractivity contribution in [2.45, 2.75) is 13.3 Å². The molecule has 26 heavy (non-hydrogen) atoms. The first kappa shape index (κ1) is 17.9. The van der Waals surface area contributed by atoms with Crippen LogP contribution >= 0.6 is 11.6 Å². The van der Waals surface area contributed by atoms with Crippen LogP contribution in [0, 0.1) is 23.0 Å². The number of nitro benzene ring substituents is 1. The Labute approximate surface area is 154 Å². The van der Waals surface area contributed by atoms with Crippen molar-refractivity contribution in [1.82, 2.24) is 0 Å². The topological polar surface area (TPSA) is 92.6 Å². The molecule has 1 aliphatic rings. The molecule has 2 aromatic rings. The highest BCUT2D eigenvalue weighted by Crippen LogP contribution is 2.30. The number of hydrogen-bond donors (Lipinski definition) is 1. The van der Waals surface area contributed by atoms with Crippen molar-refractivity contribution in [3.05, 3.63) is 63.2 Å². The first-order chi connectivity index (χ1) is 12.3. The Kier molecular flexibility index (Phi) is 4.90. The average Bonchev–Trinajstić information content (AvgIpc) is 2.97. The van der Waals surface area contributed by atoms with Gasteiger partial charge >= 0.3 is 0 Å². The minimum absolute atomic E-state index is 0.0497. The van der Waals surface area contributed by atoms with Gasteiger partial charge in [-0.3, -0.25) is 19.7 Å². The second kappa shape index (κ2) is 7.13. The van der Waals surface area contributed by atoms with Crippen molar-refractivity contribution in [3.63, 3.8) is 0 Å². The molecule has 1 saturated heterocycles. The van der Waals surface area contributed by atoms with Crippen molar-refractivity contribution < 1.29 is 14.5 Å². The van der Waals surface area contributed by atoms with Gasteiger partial charge < -0.3 is 10.2 Å². The number of nitrogens with one attached hydrogen (secondary N) is 1. The molecule has 2 aromatic carbocycles. The van der Waals surface area contributed by atoms with Crippen LogP contribution in [-0.2, 0) is 9.59 Å². The van der Waals surface area contributed by atoms with Crippen molar-refractivity contribution >= 4 is 40.5 Å². The van der Waals surface area contributed by atoms with E-state index in [0.29, 0.717) is 22.0 Å². The molecule has 0 spiro atoms. The first-order valence-electron chi connectivity index (χ1n) is 7.97. The third-order valence-electron chi connectivity index (χ3n) is 4.29. The summed E-state index contributed by atoms with van der Waals surface area (Å²) in [5.74, 6) is -1.07. The number of nitrogens with zero attached hydrogens (tertiary/aromatic N) is 2. The molecule has 8 heteroatoms. The summed E-state index contributed by atoms with van der Waals surface area (Å²) in [6.45, 7) is 1.81. The van der Waals surface area contributed by atoms with Crippen LogP contribution < -0.4 is 10.2 Å². The normalized spacial score (nSPS) is 16.6. The molecule has 0 radical (unpaired) electrons. The van der Waals surface area contributed by atoms with Gasteiger partial charge in [-0.15, -0.1) is 0 Å². The van der Waals surface area contributed by atoms with Crippen LogP contribution in [0.5, 0.6) is 0 Å². The zero-order valence-corrected chi connectivity index (χ0v) is 14.7. The molecule has 1 aliphatic heterocycles. The van der Waals surface area contributed by atoms with Crippen LogP contribution in [0.15, 0.2) is 42.5 Å². The average molecular weight is 374 g/mol. The number of aryl methyl sites for hydroxylation is 1. The van der Waals surface area contributed by atoms with Gasteiger partial charge in [-0.2, -0.15) is 0 Å². The highest BCUT2D eigenvalue weighted by Gasteiger charge is 2.35. The van der Waals surface area contributed by atoms with Crippen molar-refractivity contribution in [2.24, 2.45) is 5.92 Å². The molecule has 0 aliphatic carbocycles. The van der Waals surface area contributed by atoms with E-state index in [1.165, 1.54) is 11.0 Å². The second-order valence-corrected chi connectivity index (χ2v) is 6.57. The van der Waals surface area contributed by atoms with E-state index in [9.17, 15) is 19.7 Å². The predicted molar refractivity (Wildman–Crippen MR) is 98.4 cm³/mol. The maximum Gasteiger partial charge on any atom is 0.274 e. The molecule has 0 bridgehead atoms. The van der Waals surface area contributed by atoms with Gasteiger partial charge in [-0.25, -0.2) is 0 Å². The molecular formula is C18H16ClN3O4. The van der Waals surface area contributed by atoms with Gasteiger partial charge in [0.1, 0.15) is 0 Å². The Morgan fingerprint density at radius 1 is 1.31 bits per heavy atom. The lowest BCUT2D eigenvalue weighted by molar-refractivity contribution is -0.385. The van der Waals surface area contributed by atoms with Crippen molar-refractivity contribution in [3.8, 4) is 0 Å². The Morgan fingerprint density at radius 3 is 2.77 bits per heavy atom. The fraction of sp³-hybridized carbons (Fsp3) is 0.222. The summed E-state index contributed by atoms with van der Waals surface area (Å²) in [4.78, 5) is 36.8. The van der Waals surface area contributed by atoms with E-state index in [0.717, 1.165) is 0 Å². The van der Waals surface area contributed by atoms with E-state index in [1.54, 1.807) is 43.3 Å². The van der Waals surface area contributed by atoms with Crippen LogP contribution in [0.3, 0.4) is 0 Å². The zero-order valence-electron chi connectivity index (χ0n) is 13.9. The summed E-state index contributed by atoms with van der Waals surface area (Å²) in [5, 5.41) is 14.3. The summed E-state index contributed by atoms with van der Waals surface area (Å²) in [5.41, 5.74) is 1.44. The summed E-state index contributed by atoms with van der Waals surface area (Å²) >= 11 is 5.90. The van der Waals surface area contributed by atoms with Crippen LogP contribution in [-0.4, -0.2) is 23.3 Å². The van der Waals surface area contributed by atoms with Gasteiger partial charge in [-0.05, 0) is 31.2 Å². The number of hydrogen-bond acceptors (Lipinski definition) is 4. The molecule has 1 fully saturated rings. The quantitative estimate of drug-likeness (QED) is 0.655. The predicted octanol–water partition coefficient (Wildman–Crippen LogP) is 3.55. The van der Waals surface area contributed by atoms with Gasteiger partial charge in [-0.1, -0.05) is 23.7 Å². The Hall–Kier alpha value is -2.93. The third kappa shape index (κ3) is 3.67. The van der Waals surface area contributed by atoms with Crippen molar-refractivity contribution in [1.29, 1.82) is 0 Å². The van der Waals surface area contributed by atoms with Crippen LogP contribution in [0.4, 0.5) is 17.1 Å². The minimum Gasteiger partial charge on any atom is -0.326 e. The number of nitro groups is 1. The number of anilines is 2. The first-order valence-corrected chi connectivity index (χ1v) is 8.35. The molecule has 0 unspecified atom stereocenters. The Bertz CT molecular complexity index is 900. The number of carbonyl (C=O) groups excluding carboxylic acids is 2. The number of amides is 2. The van der Waals surface area contributed by atoms with Crippen LogP contribution in [0.2, 0.25) is 5.02 Å². The smallest absolute Gasteiger partial charge is 0.274 e. The SMILES string of the molecule is Cc1ccc(N2C[C@@H](C(=O)Nc3cccc(Cl)c3)CC2=O)cc1[N+](=O)[O-]. The maximum absolute atomic E-state index is 12.4. The van der Waals surface area contributed by atoms with Gasteiger partial charge in [0.15, 0.2) is 0 Å². The van der Waals surface area contributed by atoms with Gasteiger partial charge in [0.2, 0.25) is 11.8 Å². The molecule has 0 aromatic heterocycles. The highest BCUT2D eigenvalue weighted by atomic mass is 35.5. The summed E-state index contributed by atoms with van der Waals surface area (Å²) in [7, 11) is 0. The molecule has 3 rings (SSSR count). The van der Waals surface area contributed by atoms with Gasteiger partial charge in [0, 0.05) is 35.3 Å². The molecule has 1 atom stereocenters. The fourth-order valence-electron chi connectivity index (χ4n) is 2.91. The van der Waals surface area contributed by atoms with E-state index >= 15 is 0 Å². The van der Waals surface area contributed by atoms with Gasteiger partial charge in [0.05, 0.1) is 16.5 Å². The van der Waals surface area contributed by atoms with E-state index < -0.39 is 10.8 Å². The Morgan fingerprint density at radius 2 is 2.08 bits per heavy atom. The number of carbonyl (C=O) groups is 2. The highest BCUT2D eigenvalue weighted by molar-refractivity contribution is 6.30. The largest absolute Gasteiger partial charge is 0.326 e. The molecule has 134 valence electrons. The van der Waals surface area contributed by atoms with Crippen LogP contribution in [0.25, 0.3) is 0 Å². The van der Waals surface area contributed by atoms with Crippen molar-refractivity contribution in [2.75, 3.05) is 16.8 Å². The van der Waals surface area contributed by atoms with Crippen LogP contribution in [0.1, 0.15) is 12.0 Å². The molecule has 1 N–H and O–H groups in total. The van der Waals surface area contributed by atoms with E-state index in [2.05, 4.69) is 5.32 Å². The summed E-state index contributed by atoms with van der Waals surface area (Å²) in [6.07, 6.45) is 0.0497. The lowest BCUT2D eigenvalue weighted by atomic mass is 10.1. The molecule has 1 heterocycles. The minimum atomic E-state index is -0.540. The standard InChI is InChI=1S/C18H16ClN3O4/c1-11-5-6-15(9-16(11)22(25)26)21-10-12(7-17(21)23)18(24)20-14-4-2-3-13(19)8-14/h2-6,8-9,12H,7,10H2,1H3,(H,20,24)/t12-/m0/s1. The second-order valence-electron chi connectivity index (χ2n) is 6.13. The van der Waals surface area contributed by atoms with E-state index in [1.807, 2.05) is 0 Å². The van der Waals surface area contributed by atoms with E-state index in [4.69, 9.17) is 11.6 Å². The lowest BCUT2D eigenvalue weighted by Crippen LogP contribution is -2.28. The molecule has 7 nitrogen and oxygen atoms in total. The summed E-state index contributed by atoms with van der Waals surface area (Å²) < 4.78 is 0. The molecule has 0 saturated carbocycles. The van der Waals surface area contributed by atoms with E-state index in [-0.39, 0.29) is 30.5 Å². The number of rotatable bonds is 4. The maximum atomic E-state index is 12.4. The molecular weight excluding hydrogens is 358 g/mol. The number of benzene rings is 2. The molecule has 2 amide bonds. The summed E-state index contributed by atoms with van der Waals surface area (Å²) in [6, 6.07) is 11.4. The monoisotopic (exact) mass is 373 g/mol. The number of halogens is 1. The third-order valence-corrected chi connectivity index (χ3v) is 4.52. The van der Waals surface area contributed by atoms with Gasteiger partial charge in [0.25, 0.3) is 5.69 Å². The lowest BCUT2D eigenvalue weighted by Gasteiger charge is -2.17. The zero-order chi connectivity index (χ0) is 18.8. The Balaban J connectivity index is 1.75.